The van der Waals surface area contributed by atoms with E-state index in [9.17, 15) is 9.18 Å². The second-order valence-corrected chi connectivity index (χ2v) is 5.53. The summed E-state index contributed by atoms with van der Waals surface area (Å²) in [7, 11) is 2.95. The molecule has 0 heterocycles. The van der Waals surface area contributed by atoms with E-state index in [1.165, 1.54) is 32.4 Å². The molecule has 7 heteroatoms. The minimum atomic E-state index is -0.554. The number of rotatable bonds is 4. The van der Waals surface area contributed by atoms with Crippen LogP contribution in [0.25, 0.3) is 0 Å². The van der Waals surface area contributed by atoms with Gasteiger partial charge in [0.2, 0.25) is 0 Å². The Hall–Kier alpha value is -1.79. The maximum absolute atomic E-state index is 13.1. The zero-order valence-electron chi connectivity index (χ0n) is 11.7. The van der Waals surface area contributed by atoms with E-state index in [1.54, 1.807) is 12.1 Å². The van der Waals surface area contributed by atoms with E-state index < -0.39 is 11.7 Å². The molecular formula is C15H12BrClFNO3. The molecule has 0 unspecified atom stereocenters. The number of carbonyl (C=O) groups is 1. The Morgan fingerprint density at radius 3 is 2.55 bits per heavy atom. The lowest BCUT2D eigenvalue weighted by molar-refractivity contribution is 0.102. The molecule has 0 atom stereocenters. The number of hydrogen-bond acceptors (Lipinski definition) is 3. The summed E-state index contributed by atoms with van der Waals surface area (Å²) in [6.07, 6.45) is 0. The average Bonchev–Trinajstić information content (AvgIpc) is 2.50. The van der Waals surface area contributed by atoms with Gasteiger partial charge in [-0.1, -0.05) is 11.6 Å². The maximum atomic E-state index is 13.1. The molecule has 0 aliphatic rings. The molecule has 0 aromatic heterocycles. The molecule has 4 nitrogen and oxygen atoms in total. The van der Waals surface area contributed by atoms with Gasteiger partial charge < -0.3 is 14.8 Å². The van der Waals surface area contributed by atoms with Gasteiger partial charge in [0, 0.05) is 5.69 Å². The van der Waals surface area contributed by atoms with Crippen molar-refractivity contribution in [2.24, 2.45) is 0 Å². The fourth-order valence-corrected chi connectivity index (χ4v) is 2.62. The number of methoxy groups -OCH3 is 2. The summed E-state index contributed by atoms with van der Waals surface area (Å²) >= 11 is 9.01. The Balaban J connectivity index is 2.36. The highest BCUT2D eigenvalue weighted by Gasteiger charge is 2.18. The zero-order valence-corrected chi connectivity index (χ0v) is 14.1. The number of hydrogen-bond donors (Lipinski definition) is 1. The van der Waals surface area contributed by atoms with Crippen molar-refractivity contribution >= 4 is 39.1 Å². The number of benzene rings is 2. The third-order valence-electron chi connectivity index (χ3n) is 2.88. The van der Waals surface area contributed by atoms with Gasteiger partial charge in [-0.25, -0.2) is 4.39 Å². The van der Waals surface area contributed by atoms with Crippen molar-refractivity contribution in [1.82, 2.24) is 0 Å². The average molecular weight is 389 g/mol. The van der Waals surface area contributed by atoms with Crippen molar-refractivity contribution in [1.29, 1.82) is 0 Å². The normalized spacial score (nSPS) is 10.2. The van der Waals surface area contributed by atoms with Gasteiger partial charge in [0.25, 0.3) is 5.91 Å². The SMILES string of the molecule is COc1cc(Br)c(OC)c(C(=O)Nc2ccc(F)c(Cl)c2)c1. The molecule has 2 rings (SSSR count). The van der Waals surface area contributed by atoms with Gasteiger partial charge in [0.05, 0.1) is 29.3 Å². The van der Waals surface area contributed by atoms with E-state index in [-0.39, 0.29) is 10.6 Å². The van der Waals surface area contributed by atoms with Crippen molar-refractivity contribution < 1.29 is 18.7 Å². The first-order valence-corrected chi connectivity index (χ1v) is 7.31. The van der Waals surface area contributed by atoms with Gasteiger partial charge in [0.15, 0.2) is 0 Å². The Labute approximate surface area is 140 Å². The summed E-state index contributed by atoms with van der Waals surface area (Å²) < 4.78 is 24.1. The van der Waals surface area contributed by atoms with Crippen molar-refractivity contribution in [3.8, 4) is 11.5 Å². The maximum Gasteiger partial charge on any atom is 0.259 e. The van der Waals surface area contributed by atoms with Crippen LogP contribution in [-0.4, -0.2) is 20.1 Å². The highest BCUT2D eigenvalue weighted by molar-refractivity contribution is 9.10. The fourth-order valence-electron chi connectivity index (χ4n) is 1.83. The minimum absolute atomic E-state index is 0.0726. The molecule has 22 heavy (non-hydrogen) atoms. The van der Waals surface area contributed by atoms with Gasteiger partial charge in [0.1, 0.15) is 17.3 Å². The first-order chi connectivity index (χ1) is 10.5. The molecule has 0 bridgehead atoms. The Morgan fingerprint density at radius 1 is 1.23 bits per heavy atom. The van der Waals surface area contributed by atoms with Crippen LogP contribution in [0.1, 0.15) is 10.4 Å². The minimum Gasteiger partial charge on any atom is -0.497 e. The lowest BCUT2D eigenvalue weighted by atomic mass is 10.1. The molecule has 2 aromatic rings. The van der Waals surface area contributed by atoms with Crippen molar-refractivity contribution in [3.05, 3.63) is 51.2 Å². The molecule has 1 amide bonds. The van der Waals surface area contributed by atoms with Crippen LogP contribution < -0.4 is 14.8 Å². The monoisotopic (exact) mass is 387 g/mol. The van der Waals surface area contributed by atoms with E-state index in [0.29, 0.717) is 21.7 Å². The highest BCUT2D eigenvalue weighted by atomic mass is 79.9. The van der Waals surface area contributed by atoms with Crippen LogP contribution in [-0.2, 0) is 0 Å². The van der Waals surface area contributed by atoms with Crippen LogP contribution in [0.5, 0.6) is 11.5 Å². The summed E-state index contributed by atoms with van der Waals surface area (Å²) in [6, 6.07) is 7.16. The molecule has 0 fully saturated rings. The largest absolute Gasteiger partial charge is 0.497 e. The van der Waals surface area contributed by atoms with Gasteiger partial charge >= 0.3 is 0 Å². The molecule has 0 saturated carbocycles. The van der Waals surface area contributed by atoms with Crippen molar-refractivity contribution in [2.75, 3.05) is 19.5 Å². The van der Waals surface area contributed by atoms with Crippen LogP contribution >= 0.6 is 27.5 Å². The van der Waals surface area contributed by atoms with Crippen LogP contribution in [0, 0.1) is 5.82 Å². The third-order valence-corrected chi connectivity index (χ3v) is 3.76. The van der Waals surface area contributed by atoms with Crippen molar-refractivity contribution in [3.63, 3.8) is 0 Å². The lowest BCUT2D eigenvalue weighted by Crippen LogP contribution is -2.13. The van der Waals surface area contributed by atoms with E-state index in [2.05, 4.69) is 21.2 Å². The second kappa shape index (κ2) is 6.98. The number of nitrogens with one attached hydrogen (secondary N) is 1. The summed E-state index contributed by atoms with van der Waals surface area (Å²) in [5.74, 6) is -0.123. The fraction of sp³-hybridized carbons (Fsp3) is 0.133. The summed E-state index contributed by atoms with van der Waals surface area (Å²) in [6.45, 7) is 0. The molecular weight excluding hydrogens is 377 g/mol. The topological polar surface area (TPSA) is 47.6 Å². The van der Waals surface area contributed by atoms with Crippen molar-refractivity contribution in [2.45, 2.75) is 0 Å². The second-order valence-electron chi connectivity index (χ2n) is 4.27. The molecule has 0 saturated heterocycles. The molecule has 116 valence electrons. The molecule has 0 radical (unpaired) electrons. The smallest absolute Gasteiger partial charge is 0.259 e. The number of ether oxygens (including phenoxy) is 2. The predicted molar refractivity (Wildman–Crippen MR) is 86.6 cm³/mol. The molecule has 0 spiro atoms. The van der Waals surface area contributed by atoms with Crippen LogP contribution in [0.3, 0.4) is 0 Å². The van der Waals surface area contributed by atoms with E-state index in [0.717, 1.165) is 0 Å². The number of anilines is 1. The van der Waals surface area contributed by atoms with Gasteiger partial charge in [-0.05, 0) is 46.3 Å². The molecule has 0 aliphatic heterocycles. The summed E-state index contributed by atoms with van der Waals surface area (Å²) in [4.78, 5) is 12.4. The standard InChI is InChI=1S/C15H12BrClFNO3/c1-21-9-6-10(14(22-2)11(16)7-9)15(20)19-8-3-4-13(18)12(17)5-8/h3-7H,1-2H3,(H,19,20). The molecule has 2 aromatic carbocycles. The summed E-state index contributed by atoms with van der Waals surface area (Å²) in [5.41, 5.74) is 0.645. The number of amides is 1. The quantitative estimate of drug-likeness (QED) is 0.838. The zero-order chi connectivity index (χ0) is 16.3. The predicted octanol–water partition coefficient (Wildman–Crippen LogP) is 4.51. The van der Waals surface area contributed by atoms with E-state index in [1.807, 2.05) is 0 Å². The van der Waals surface area contributed by atoms with E-state index >= 15 is 0 Å². The molecule has 1 N–H and O–H groups in total. The summed E-state index contributed by atoms with van der Waals surface area (Å²) in [5, 5.41) is 2.56. The van der Waals surface area contributed by atoms with Gasteiger partial charge in [-0.2, -0.15) is 0 Å². The van der Waals surface area contributed by atoms with Crippen LogP contribution in [0.15, 0.2) is 34.8 Å². The van der Waals surface area contributed by atoms with Gasteiger partial charge in [-0.3, -0.25) is 4.79 Å². The first-order valence-electron chi connectivity index (χ1n) is 6.14. The number of halogens is 3. The molecule has 0 aliphatic carbocycles. The lowest BCUT2D eigenvalue weighted by Gasteiger charge is -2.13. The highest BCUT2D eigenvalue weighted by Crippen LogP contribution is 2.34. The van der Waals surface area contributed by atoms with Gasteiger partial charge in [-0.15, -0.1) is 0 Å². The third kappa shape index (κ3) is 3.51. The van der Waals surface area contributed by atoms with Crippen LogP contribution in [0.4, 0.5) is 10.1 Å². The Kier molecular flexibility index (Phi) is 5.26. The Bertz CT molecular complexity index is 724. The number of carbonyl (C=O) groups excluding carboxylic acids is 1. The Morgan fingerprint density at radius 2 is 1.95 bits per heavy atom. The van der Waals surface area contributed by atoms with E-state index in [4.69, 9.17) is 21.1 Å². The van der Waals surface area contributed by atoms with Crippen LogP contribution in [0.2, 0.25) is 5.02 Å². The first kappa shape index (κ1) is 16.6.